The SMILES string of the molecule is Cc1ccc(C)n1-c1ccc(OCc2ccc(C(=O)N/N=C/c3ccc(OCc4ccc([N+](=O)[O-])cc4)c([N+](=O)[O-])c3)o2)cc1. The number of aromatic nitrogens is 1. The molecule has 0 atom stereocenters. The van der Waals surface area contributed by atoms with Gasteiger partial charge in [0, 0.05) is 40.8 Å². The van der Waals surface area contributed by atoms with Gasteiger partial charge in [0.2, 0.25) is 0 Å². The number of amides is 1. The first-order valence-corrected chi connectivity index (χ1v) is 13.6. The zero-order chi connectivity index (χ0) is 31.9. The Hall–Kier alpha value is -6.24. The van der Waals surface area contributed by atoms with E-state index < -0.39 is 15.8 Å². The fraction of sp³-hybridized carbons (Fsp3) is 0.125. The Bertz CT molecular complexity index is 1860. The molecule has 13 heteroatoms. The van der Waals surface area contributed by atoms with Gasteiger partial charge in [-0.3, -0.25) is 25.0 Å². The van der Waals surface area contributed by atoms with Crippen LogP contribution in [0.4, 0.5) is 11.4 Å². The van der Waals surface area contributed by atoms with Crippen LogP contribution in [0.2, 0.25) is 0 Å². The fourth-order valence-corrected chi connectivity index (χ4v) is 4.47. The number of hydrazone groups is 1. The molecule has 228 valence electrons. The Balaban J connectivity index is 1.13. The van der Waals surface area contributed by atoms with Gasteiger partial charge in [-0.2, -0.15) is 5.10 Å². The van der Waals surface area contributed by atoms with Crippen LogP contribution in [0.15, 0.2) is 101 Å². The van der Waals surface area contributed by atoms with E-state index >= 15 is 0 Å². The van der Waals surface area contributed by atoms with Crippen molar-refractivity contribution >= 4 is 23.5 Å². The van der Waals surface area contributed by atoms with Crippen LogP contribution in [-0.2, 0) is 13.2 Å². The van der Waals surface area contributed by atoms with Crippen LogP contribution in [-0.4, -0.2) is 26.5 Å². The van der Waals surface area contributed by atoms with Crippen molar-refractivity contribution in [1.29, 1.82) is 0 Å². The van der Waals surface area contributed by atoms with Gasteiger partial charge in [0.1, 0.15) is 24.7 Å². The van der Waals surface area contributed by atoms with Crippen LogP contribution < -0.4 is 14.9 Å². The number of rotatable bonds is 12. The molecule has 0 unspecified atom stereocenters. The Labute approximate surface area is 256 Å². The van der Waals surface area contributed by atoms with Crippen molar-refractivity contribution in [2.24, 2.45) is 5.10 Å². The van der Waals surface area contributed by atoms with Crippen molar-refractivity contribution in [3.8, 4) is 17.2 Å². The lowest BCUT2D eigenvalue weighted by Gasteiger charge is -2.10. The number of benzene rings is 3. The summed E-state index contributed by atoms with van der Waals surface area (Å²) in [7, 11) is 0. The van der Waals surface area contributed by atoms with Crippen molar-refractivity contribution in [2.45, 2.75) is 27.1 Å². The third-order valence-corrected chi connectivity index (χ3v) is 6.73. The number of nitrogens with zero attached hydrogens (tertiary/aromatic N) is 4. The maximum absolute atomic E-state index is 12.5. The van der Waals surface area contributed by atoms with Gasteiger partial charge in [0.15, 0.2) is 11.5 Å². The molecule has 5 aromatic rings. The highest BCUT2D eigenvalue weighted by molar-refractivity contribution is 5.92. The second-order valence-corrected chi connectivity index (χ2v) is 9.90. The highest BCUT2D eigenvalue weighted by atomic mass is 16.6. The van der Waals surface area contributed by atoms with Crippen LogP contribution >= 0.6 is 0 Å². The first-order chi connectivity index (χ1) is 21.7. The van der Waals surface area contributed by atoms with E-state index in [0.29, 0.717) is 22.6 Å². The minimum atomic E-state index is -0.614. The summed E-state index contributed by atoms with van der Waals surface area (Å²) in [6.07, 6.45) is 1.25. The molecule has 0 fully saturated rings. The average Bonchev–Trinajstić information content (AvgIpc) is 3.65. The number of aryl methyl sites for hydroxylation is 2. The molecule has 1 amide bonds. The van der Waals surface area contributed by atoms with Crippen molar-refractivity contribution in [3.63, 3.8) is 0 Å². The number of nitrogens with one attached hydrogen (secondary N) is 1. The van der Waals surface area contributed by atoms with Crippen LogP contribution in [0, 0.1) is 34.1 Å². The number of nitro groups is 2. The lowest BCUT2D eigenvalue weighted by molar-refractivity contribution is -0.386. The maximum Gasteiger partial charge on any atom is 0.311 e. The van der Waals surface area contributed by atoms with E-state index in [0.717, 1.165) is 17.1 Å². The minimum Gasteiger partial charge on any atom is -0.486 e. The number of furan rings is 1. The molecule has 0 aliphatic carbocycles. The van der Waals surface area contributed by atoms with E-state index in [2.05, 4.69) is 27.2 Å². The molecule has 13 nitrogen and oxygen atoms in total. The Morgan fingerprint density at radius 1 is 0.867 bits per heavy atom. The zero-order valence-electron chi connectivity index (χ0n) is 24.2. The van der Waals surface area contributed by atoms with Gasteiger partial charge in [-0.05, 0) is 92.2 Å². The average molecular weight is 610 g/mol. The Kier molecular flexibility index (Phi) is 8.99. The van der Waals surface area contributed by atoms with Crippen LogP contribution in [0.25, 0.3) is 5.69 Å². The summed E-state index contributed by atoms with van der Waals surface area (Å²) in [5.74, 6) is 0.486. The van der Waals surface area contributed by atoms with E-state index in [4.69, 9.17) is 13.9 Å². The van der Waals surface area contributed by atoms with E-state index in [1.807, 2.05) is 38.1 Å². The molecule has 0 bridgehead atoms. The molecule has 3 aromatic carbocycles. The van der Waals surface area contributed by atoms with E-state index in [9.17, 15) is 25.0 Å². The van der Waals surface area contributed by atoms with Gasteiger partial charge in [-0.25, -0.2) is 5.43 Å². The molecule has 2 heterocycles. The largest absolute Gasteiger partial charge is 0.486 e. The lowest BCUT2D eigenvalue weighted by atomic mass is 10.2. The van der Waals surface area contributed by atoms with Crippen molar-refractivity contribution in [2.75, 3.05) is 0 Å². The highest BCUT2D eigenvalue weighted by Gasteiger charge is 2.17. The maximum atomic E-state index is 12.5. The van der Waals surface area contributed by atoms with Crippen molar-refractivity contribution in [3.05, 3.63) is 145 Å². The van der Waals surface area contributed by atoms with Crippen LogP contribution in [0.1, 0.15) is 38.8 Å². The zero-order valence-corrected chi connectivity index (χ0v) is 24.2. The summed E-state index contributed by atoms with van der Waals surface area (Å²) in [6.45, 7) is 4.17. The molecule has 0 aliphatic heterocycles. The Morgan fingerprint density at radius 2 is 1.58 bits per heavy atom. The van der Waals surface area contributed by atoms with Gasteiger partial charge in [0.25, 0.3) is 5.69 Å². The summed E-state index contributed by atoms with van der Waals surface area (Å²) in [4.78, 5) is 33.8. The van der Waals surface area contributed by atoms with Crippen LogP contribution in [0.3, 0.4) is 0 Å². The molecule has 45 heavy (non-hydrogen) atoms. The number of non-ortho nitro benzene ring substituents is 1. The van der Waals surface area contributed by atoms with Crippen molar-refractivity contribution in [1.82, 2.24) is 9.99 Å². The molecule has 2 aromatic heterocycles. The Morgan fingerprint density at radius 3 is 2.24 bits per heavy atom. The standard InChI is InChI=1S/C32H27N5O8/c1-21-3-4-22(2)35(21)25-10-12-27(13-11-25)43-20-28-14-16-31(45-28)32(38)34-33-18-24-7-15-30(29(17-24)37(41)42)44-19-23-5-8-26(9-6-23)36(39)40/h3-18H,19-20H2,1-2H3,(H,34,38)/b33-18+. The molecule has 1 N–H and O–H groups in total. The fourth-order valence-electron chi connectivity index (χ4n) is 4.47. The highest BCUT2D eigenvalue weighted by Crippen LogP contribution is 2.28. The molecule has 5 rings (SSSR count). The lowest BCUT2D eigenvalue weighted by Crippen LogP contribution is -2.16. The monoisotopic (exact) mass is 609 g/mol. The second kappa shape index (κ2) is 13.4. The van der Waals surface area contributed by atoms with Crippen LogP contribution in [0.5, 0.6) is 11.5 Å². The van der Waals surface area contributed by atoms with Gasteiger partial charge in [-0.15, -0.1) is 0 Å². The number of hydrogen-bond donors (Lipinski definition) is 1. The summed E-state index contributed by atoms with van der Waals surface area (Å²) >= 11 is 0. The first kappa shape index (κ1) is 30.2. The molecule has 0 saturated carbocycles. The number of hydrogen-bond acceptors (Lipinski definition) is 9. The molecule has 0 spiro atoms. The normalized spacial score (nSPS) is 11.0. The van der Waals surface area contributed by atoms with Gasteiger partial charge in [0.05, 0.1) is 16.1 Å². The number of carbonyl (C=O) groups excluding carboxylic acids is 1. The number of nitro benzene ring substituents is 2. The summed E-state index contributed by atoms with van der Waals surface area (Å²) in [5.41, 5.74) is 6.18. The topological polar surface area (TPSA) is 164 Å². The quantitative estimate of drug-likeness (QED) is 0.0961. The van der Waals surface area contributed by atoms with E-state index in [-0.39, 0.29) is 36.1 Å². The summed E-state index contributed by atoms with van der Waals surface area (Å²) in [5, 5.41) is 26.3. The van der Waals surface area contributed by atoms with Gasteiger partial charge in [-0.1, -0.05) is 0 Å². The van der Waals surface area contributed by atoms with E-state index in [1.165, 1.54) is 54.7 Å². The smallest absolute Gasteiger partial charge is 0.311 e. The summed E-state index contributed by atoms with van der Waals surface area (Å²) in [6, 6.07) is 24.7. The van der Waals surface area contributed by atoms with Gasteiger partial charge >= 0.3 is 11.6 Å². The predicted molar refractivity (Wildman–Crippen MR) is 164 cm³/mol. The predicted octanol–water partition coefficient (Wildman–Crippen LogP) is 6.43. The van der Waals surface area contributed by atoms with Gasteiger partial charge < -0.3 is 18.5 Å². The second-order valence-electron chi connectivity index (χ2n) is 9.90. The number of ether oxygens (including phenoxy) is 2. The van der Waals surface area contributed by atoms with Crippen molar-refractivity contribution < 1.29 is 28.5 Å². The molecule has 0 saturated heterocycles. The molecular formula is C32H27N5O8. The molecule has 0 radical (unpaired) electrons. The summed E-state index contributed by atoms with van der Waals surface area (Å²) < 4.78 is 19.1. The number of carbonyl (C=O) groups is 1. The molecule has 0 aliphatic rings. The van der Waals surface area contributed by atoms with E-state index in [1.54, 1.807) is 6.07 Å². The third-order valence-electron chi connectivity index (χ3n) is 6.73. The third kappa shape index (κ3) is 7.40. The minimum absolute atomic E-state index is 0.00640. The molecular weight excluding hydrogens is 582 g/mol. The first-order valence-electron chi connectivity index (χ1n) is 13.6.